The SMILES string of the molecule is C=C1[C@H](O)CCC(C)(C)[C@@H]1Cc1cc(OC)c(Br)cc1O[Si](C)(C)C(C)(C)C. The van der Waals surface area contributed by atoms with Crippen LogP contribution in [0.5, 0.6) is 11.5 Å². The van der Waals surface area contributed by atoms with E-state index in [1.807, 2.05) is 6.07 Å². The fraction of sp³-hybridized carbons (Fsp3) is 0.652. The lowest BCUT2D eigenvalue weighted by molar-refractivity contribution is 0.0867. The maximum absolute atomic E-state index is 10.4. The molecule has 0 bridgehead atoms. The lowest BCUT2D eigenvalue weighted by atomic mass is 9.64. The van der Waals surface area contributed by atoms with Gasteiger partial charge in [-0.15, -0.1) is 0 Å². The Balaban J connectivity index is 2.48. The van der Waals surface area contributed by atoms with Gasteiger partial charge in [-0.2, -0.15) is 0 Å². The predicted octanol–water partition coefficient (Wildman–Crippen LogP) is 6.74. The van der Waals surface area contributed by atoms with E-state index in [1.54, 1.807) is 7.11 Å². The number of rotatable bonds is 5. The Morgan fingerprint density at radius 3 is 2.39 bits per heavy atom. The highest BCUT2D eigenvalue weighted by atomic mass is 79.9. The molecule has 1 fully saturated rings. The molecule has 2 rings (SSSR count). The molecule has 0 aliphatic heterocycles. The minimum Gasteiger partial charge on any atom is -0.543 e. The largest absolute Gasteiger partial charge is 0.543 e. The fourth-order valence-corrected chi connectivity index (χ4v) is 5.18. The molecule has 2 atom stereocenters. The Hall–Kier alpha value is -0.783. The molecular weight excluding hydrogens is 432 g/mol. The Morgan fingerprint density at radius 1 is 1.25 bits per heavy atom. The first-order chi connectivity index (χ1) is 12.7. The fourth-order valence-electron chi connectivity index (χ4n) is 3.65. The summed E-state index contributed by atoms with van der Waals surface area (Å²) in [4.78, 5) is 0. The molecule has 1 N–H and O–H groups in total. The van der Waals surface area contributed by atoms with Crippen LogP contribution in [-0.2, 0) is 6.42 Å². The van der Waals surface area contributed by atoms with Crippen molar-refractivity contribution in [3.63, 3.8) is 0 Å². The highest BCUT2D eigenvalue weighted by molar-refractivity contribution is 9.10. The van der Waals surface area contributed by atoms with Gasteiger partial charge in [0.1, 0.15) is 11.5 Å². The van der Waals surface area contributed by atoms with Gasteiger partial charge in [-0.05, 0) is 87.9 Å². The monoisotopic (exact) mass is 468 g/mol. The highest BCUT2D eigenvalue weighted by Gasteiger charge is 2.41. The third-order valence-corrected chi connectivity index (χ3v) is 11.8. The van der Waals surface area contributed by atoms with Crippen LogP contribution in [-0.4, -0.2) is 26.6 Å². The molecule has 1 aromatic rings. The molecule has 28 heavy (non-hydrogen) atoms. The van der Waals surface area contributed by atoms with Crippen LogP contribution >= 0.6 is 15.9 Å². The van der Waals surface area contributed by atoms with Crippen molar-refractivity contribution in [2.45, 2.75) is 78.1 Å². The molecule has 3 nitrogen and oxygen atoms in total. The Morgan fingerprint density at radius 2 is 1.86 bits per heavy atom. The van der Waals surface area contributed by atoms with E-state index in [0.29, 0.717) is 0 Å². The van der Waals surface area contributed by atoms with Crippen LogP contribution in [0.2, 0.25) is 18.1 Å². The van der Waals surface area contributed by atoms with Crippen molar-refractivity contribution in [3.8, 4) is 11.5 Å². The lowest BCUT2D eigenvalue weighted by Crippen LogP contribution is -2.44. The molecule has 0 heterocycles. The molecule has 1 aromatic carbocycles. The smallest absolute Gasteiger partial charge is 0.250 e. The van der Waals surface area contributed by atoms with Gasteiger partial charge < -0.3 is 14.3 Å². The molecule has 1 saturated carbocycles. The number of aliphatic hydroxyl groups is 1. The number of ether oxygens (including phenoxy) is 1. The molecule has 1 aliphatic carbocycles. The quantitative estimate of drug-likeness (QED) is 0.384. The summed E-state index contributed by atoms with van der Waals surface area (Å²) in [6.07, 6.45) is 2.15. The van der Waals surface area contributed by atoms with Crippen molar-refractivity contribution in [1.29, 1.82) is 0 Å². The summed E-state index contributed by atoms with van der Waals surface area (Å²) in [6, 6.07) is 4.13. The number of hydrogen-bond acceptors (Lipinski definition) is 3. The first kappa shape index (κ1) is 23.5. The summed E-state index contributed by atoms with van der Waals surface area (Å²) in [5, 5.41) is 10.5. The van der Waals surface area contributed by atoms with E-state index in [1.165, 1.54) is 0 Å². The second-order valence-corrected chi connectivity index (χ2v) is 15.9. The summed E-state index contributed by atoms with van der Waals surface area (Å²) in [5.74, 6) is 1.92. The van der Waals surface area contributed by atoms with E-state index in [-0.39, 0.29) is 16.4 Å². The average Bonchev–Trinajstić information content (AvgIpc) is 2.55. The highest BCUT2D eigenvalue weighted by Crippen LogP contribution is 2.47. The van der Waals surface area contributed by atoms with Crippen LogP contribution in [0, 0.1) is 11.3 Å². The molecule has 0 unspecified atom stereocenters. The lowest BCUT2D eigenvalue weighted by Gasteiger charge is -2.43. The van der Waals surface area contributed by atoms with Gasteiger partial charge in [0.15, 0.2) is 0 Å². The van der Waals surface area contributed by atoms with Gasteiger partial charge in [0.2, 0.25) is 8.32 Å². The average molecular weight is 470 g/mol. The van der Waals surface area contributed by atoms with Gasteiger partial charge in [-0.1, -0.05) is 41.2 Å². The summed E-state index contributed by atoms with van der Waals surface area (Å²) >= 11 is 3.62. The number of hydrogen-bond donors (Lipinski definition) is 1. The van der Waals surface area contributed by atoms with E-state index < -0.39 is 14.4 Å². The van der Waals surface area contributed by atoms with Crippen LogP contribution in [0.15, 0.2) is 28.8 Å². The van der Waals surface area contributed by atoms with Gasteiger partial charge in [-0.25, -0.2) is 0 Å². The van der Waals surface area contributed by atoms with E-state index in [9.17, 15) is 5.11 Å². The zero-order valence-corrected chi connectivity index (χ0v) is 21.4. The zero-order valence-electron chi connectivity index (χ0n) is 18.8. The van der Waals surface area contributed by atoms with Gasteiger partial charge in [0.25, 0.3) is 0 Å². The standard InChI is InChI=1S/C23H37BrO3Si/c1-15-17(23(5,6)11-10-19(15)25)12-16-13-21(26-7)18(24)14-20(16)27-28(8,9)22(2,3)4/h13-14,17,19,25H,1,10-12H2,2-9H3/t17-,19-/m1/s1. The summed E-state index contributed by atoms with van der Waals surface area (Å²) in [6.45, 7) is 20.1. The maximum Gasteiger partial charge on any atom is 0.250 e. The van der Waals surface area contributed by atoms with Crippen molar-refractivity contribution in [2.24, 2.45) is 11.3 Å². The minimum absolute atomic E-state index is 0.0882. The Bertz CT molecular complexity index is 734. The molecule has 0 amide bonds. The molecule has 0 saturated heterocycles. The second-order valence-electron chi connectivity index (χ2n) is 10.3. The first-order valence-corrected chi connectivity index (χ1v) is 13.8. The van der Waals surface area contributed by atoms with Crippen molar-refractivity contribution in [2.75, 3.05) is 7.11 Å². The molecule has 0 aromatic heterocycles. The number of benzene rings is 1. The minimum atomic E-state index is -1.99. The van der Waals surface area contributed by atoms with Crippen molar-refractivity contribution in [1.82, 2.24) is 0 Å². The Labute approximate surface area is 180 Å². The topological polar surface area (TPSA) is 38.7 Å². The van der Waals surface area contributed by atoms with Crippen molar-refractivity contribution >= 4 is 24.2 Å². The van der Waals surface area contributed by atoms with Crippen molar-refractivity contribution in [3.05, 3.63) is 34.3 Å². The number of methoxy groups -OCH3 is 1. The molecular formula is C23H37BrO3Si. The molecule has 1 aliphatic rings. The van der Waals surface area contributed by atoms with E-state index in [0.717, 1.165) is 46.4 Å². The molecule has 5 heteroatoms. The van der Waals surface area contributed by atoms with Crippen LogP contribution < -0.4 is 9.16 Å². The summed E-state index contributed by atoms with van der Waals surface area (Å²) < 4.78 is 13.2. The van der Waals surface area contributed by atoms with E-state index in [2.05, 4.69) is 76.3 Å². The number of aliphatic hydroxyl groups excluding tert-OH is 1. The zero-order chi connectivity index (χ0) is 21.5. The van der Waals surface area contributed by atoms with Gasteiger partial charge in [0.05, 0.1) is 17.7 Å². The molecule has 0 radical (unpaired) electrons. The first-order valence-electron chi connectivity index (χ1n) is 10.1. The maximum atomic E-state index is 10.4. The number of halogens is 1. The predicted molar refractivity (Wildman–Crippen MR) is 124 cm³/mol. The summed E-state index contributed by atoms with van der Waals surface area (Å²) in [7, 11) is -0.307. The van der Waals surface area contributed by atoms with Crippen molar-refractivity contribution < 1.29 is 14.3 Å². The van der Waals surface area contributed by atoms with Crippen LogP contribution in [0.4, 0.5) is 0 Å². The van der Waals surface area contributed by atoms with Gasteiger partial charge in [0, 0.05) is 0 Å². The van der Waals surface area contributed by atoms with E-state index in [4.69, 9.17) is 9.16 Å². The molecule has 0 spiro atoms. The Kier molecular flexibility index (Phi) is 6.84. The summed E-state index contributed by atoms with van der Waals surface area (Å²) in [5.41, 5.74) is 2.15. The molecule has 158 valence electrons. The van der Waals surface area contributed by atoms with Crippen LogP contribution in [0.3, 0.4) is 0 Å². The van der Waals surface area contributed by atoms with Gasteiger partial charge in [-0.3, -0.25) is 0 Å². The third kappa shape index (κ3) is 4.85. The van der Waals surface area contributed by atoms with Crippen LogP contribution in [0.25, 0.3) is 0 Å². The van der Waals surface area contributed by atoms with Gasteiger partial charge >= 0.3 is 0 Å². The van der Waals surface area contributed by atoms with E-state index >= 15 is 0 Å². The normalized spacial score (nSPS) is 22.9. The second kappa shape index (κ2) is 8.15. The third-order valence-electron chi connectivity index (χ3n) is 6.81. The van der Waals surface area contributed by atoms with Crippen LogP contribution in [0.1, 0.15) is 53.0 Å².